The molecule has 0 atom stereocenters. The van der Waals surface area contributed by atoms with Crippen molar-refractivity contribution in [3.8, 4) is 35.1 Å². The van der Waals surface area contributed by atoms with E-state index in [-0.39, 0.29) is 22.6 Å². The number of anilines is 1. The Morgan fingerprint density at radius 1 is 1.03 bits per heavy atom. The molecule has 0 saturated heterocycles. The maximum atomic E-state index is 9.78. The molecule has 0 fully saturated rings. The van der Waals surface area contributed by atoms with Crippen LogP contribution in [-0.2, 0) is 0 Å². The minimum atomic E-state index is 0.124. The predicted octanol–water partition coefficient (Wildman–Crippen LogP) is 3.42. The third kappa shape index (κ3) is 3.62. The highest BCUT2D eigenvalue weighted by Gasteiger charge is 2.20. The first kappa shape index (κ1) is 20.3. The number of hydrogen-bond acceptors (Lipinski definition) is 7. The van der Waals surface area contributed by atoms with Crippen LogP contribution in [0.3, 0.4) is 0 Å². The van der Waals surface area contributed by atoms with Crippen molar-refractivity contribution in [3.63, 3.8) is 0 Å². The van der Waals surface area contributed by atoms with Crippen LogP contribution in [0.15, 0.2) is 42.5 Å². The van der Waals surface area contributed by atoms with Gasteiger partial charge in [-0.05, 0) is 35.9 Å². The maximum absolute atomic E-state index is 9.78. The van der Waals surface area contributed by atoms with Crippen molar-refractivity contribution >= 4 is 17.5 Å². The number of methoxy groups -OCH3 is 3. The minimum absolute atomic E-state index is 0.124. The number of rotatable bonds is 6. The molecular weight excluding hydrogens is 382 g/mol. The molecule has 0 spiro atoms. The van der Waals surface area contributed by atoms with Gasteiger partial charge < -0.3 is 19.9 Å². The number of allylic oxidation sites excluding steroid dienone is 1. The van der Waals surface area contributed by atoms with Crippen LogP contribution in [0.5, 0.6) is 17.2 Å². The van der Waals surface area contributed by atoms with E-state index in [0.717, 1.165) is 0 Å². The molecule has 0 saturated carbocycles. The average molecular weight is 401 g/mol. The molecule has 1 heterocycles. The first-order chi connectivity index (χ1) is 14.6. The highest BCUT2D eigenvalue weighted by molar-refractivity contribution is 5.92. The normalized spacial score (nSPS) is 10.8. The lowest BCUT2D eigenvalue weighted by molar-refractivity contribution is 0.324. The third-order valence-corrected chi connectivity index (χ3v) is 4.41. The second-order valence-electron chi connectivity index (χ2n) is 6.10. The van der Waals surface area contributed by atoms with Crippen molar-refractivity contribution in [1.29, 1.82) is 10.5 Å². The Labute approximate surface area is 173 Å². The molecule has 30 heavy (non-hydrogen) atoms. The van der Waals surface area contributed by atoms with Gasteiger partial charge in [0.15, 0.2) is 11.5 Å². The van der Waals surface area contributed by atoms with Gasteiger partial charge in [0, 0.05) is 0 Å². The summed E-state index contributed by atoms with van der Waals surface area (Å²) >= 11 is 0. The smallest absolute Gasteiger partial charge is 0.203 e. The molecule has 1 aromatic heterocycles. The van der Waals surface area contributed by atoms with Gasteiger partial charge in [0.05, 0.1) is 32.6 Å². The molecule has 0 bridgehead atoms. The van der Waals surface area contributed by atoms with Crippen molar-refractivity contribution in [3.05, 3.63) is 59.3 Å². The van der Waals surface area contributed by atoms with Crippen LogP contribution < -0.4 is 19.9 Å². The van der Waals surface area contributed by atoms with Crippen LogP contribution >= 0.6 is 0 Å². The van der Waals surface area contributed by atoms with E-state index in [4.69, 9.17) is 19.9 Å². The minimum Gasteiger partial charge on any atom is -0.493 e. The molecule has 0 aliphatic carbocycles. The molecule has 0 unspecified atom stereocenters. The molecule has 8 nitrogen and oxygen atoms in total. The third-order valence-electron chi connectivity index (χ3n) is 4.41. The van der Waals surface area contributed by atoms with E-state index in [1.165, 1.54) is 26.0 Å². The lowest BCUT2D eigenvalue weighted by Crippen LogP contribution is -2.02. The van der Waals surface area contributed by atoms with Gasteiger partial charge in [0.2, 0.25) is 5.75 Å². The largest absolute Gasteiger partial charge is 0.493 e. The van der Waals surface area contributed by atoms with Gasteiger partial charge in [-0.2, -0.15) is 15.6 Å². The van der Waals surface area contributed by atoms with Crippen LogP contribution in [-0.4, -0.2) is 31.1 Å². The number of nitrogen functional groups attached to an aromatic ring is 1. The van der Waals surface area contributed by atoms with Gasteiger partial charge in [0.25, 0.3) is 0 Å². The standard InChI is InChI=1S/C22H19N5O3/c1-28-18-10-14(11-19(29-2)21(18)30-3)9-15(12-23)20-17(13-24)22(25)27(26-20)16-7-5-4-6-8-16/h4-11H,25H2,1-3H3. The van der Waals surface area contributed by atoms with E-state index >= 15 is 0 Å². The maximum Gasteiger partial charge on any atom is 0.203 e. The summed E-state index contributed by atoms with van der Waals surface area (Å²) < 4.78 is 17.5. The van der Waals surface area contributed by atoms with E-state index in [1.807, 2.05) is 36.4 Å². The fourth-order valence-corrected chi connectivity index (χ4v) is 3.00. The summed E-state index contributed by atoms with van der Waals surface area (Å²) in [5, 5.41) is 23.8. The zero-order valence-corrected chi connectivity index (χ0v) is 16.7. The second kappa shape index (κ2) is 8.72. The molecular formula is C22H19N5O3. The fourth-order valence-electron chi connectivity index (χ4n) is 3.00. The lowest BCUT2D eigenvalue weighted by atomic mass is 10.1. The van der Waals surface area contributed by atoms with Crippen molar-refractivity contribution in [2.24, 2.45) is 0 Å². The van der Waals surface area contributed by atoms with E-state index in [2.05, 4.69) is 11.2 Å². The van der Waals surface area contributed by atoms with Crippen molar-refractivity contribution in [2.45, 2.75) is 0 Å². The van der Waals surface area contributed by atoms with Crippen LogP contribution in [0.1, 0.15) is 16.8 Å². The van der Waals surface area contributed by atoms with Gasteiger partial charge in [0.1, 0.15) is 29.2 Å². The second-order valence-corrected chi connectivity index (χ2v) is 6.10. The SMILES string of the molecule is COc1cc(C=C(C#N)c2nn(-c3ccccc3)c(N)c2C#N)cc(OC)c1OC. The highest BCUT2D eigenvalue weighted by Crippen LogP contribution is 2.39. The molecule has 0 amide bonds. The van der Waals surface area contributed by atoms with Gasteiger partial charge in [-0.25, -0.2) is 4.68 Å². The molecule has 0 radical (unpaired) electrons. The summed E-state index contributed by atoms with van der Waals surface area (Å²) in [4.78, 5) is 0. The van der Waals surface area contributed by atoms with Crippen molar-refractivity contribution in [2.75, 3.05) is 27.1 Å². The Bertz CT molecular complexity index is 1160. The fraction of sp³-hybridized carbons (Fsp3) is 0.136. The van der Waals surface area contributed by atoms with Crippen LogP contribution in [0.4, 0.5) is 5.82 Å². The van der Waals surface area contributed by atoms with Gasteiger partial charge in [-0.3, -0.25) is 0 Å². The van der Waals surface area contributed by atoms with E-state index in [1.54, 1.807) is 18.2 Å². The highest BCUT2D eigenvalue weighted by atomic mass is 16.5. The molecule has 2 N–H and O–H groups in total. The van der Waals surface area contributed by atoms with Crippen molar-refractivity contribution in [1.82, 2.24) is 9.78 Å². The molecule has 0 aliphatic heterocycles. The van der Waals surface area contributed by atoms with Gasteiger partial charge in [-0.15, -0.1) is 0 Å². The zero-order chi connectivity index (χ0) is 21.7. The Morgan fingerprint density at radius 2 is 1.67 bits per heavy atom. The van der Waals surface area contributed by atoms with Crippen molar-refractivity contribution < 1.29 is 14.2 Å². The Balaban J connectivity index is 2.17. The molecule has 150 valence electrons. The number of ether oxygens (including phenoxy) is 3. The Morgan fingerprint density at radius 3 is 2.17 bits per heavy atom. The van der Waals surface area contributed by atoms with Crippen LogP contribution in [0.2, 0.25) is 0 Å². The lowest BCUT2D eigenvalue weighted by Gasteiger charge is -2.13. The first-order valence-electron chi connectivity index (χ1n) is 8.84. The van der Waals surface area contributed by atoms with Gasteiger partial charge >= 0.3 is 0 Å². The molecule has 3 rings (SSSR count). The number of nitrogens with zero attached hydrogens (tertiary/aromatic N) is 4. The van der Waals surface area contributed by atoms with E-state index in [9.17, 15) is 10.5 Å². The topological polar surface area (TPSA) is 119 Å². The van der Waals surface area contributed by atoms with Gasteiger partial charge in [-0.1, -0.05) is 18.2 Å². The number of nitrogens with two attached hydrogens (primary N) is 1. The zero-order valence-electron chi connectivity index (χ0n) is 16.7. The van der Waals surface area contributed by atoms with Crippen LogP contribution in [0.25, 0.3) is 17.3 Å². The monoisotopic (exact) mass is 401 g/mol. The summed E-state index contributed by atoms with van der Waals surface area (Å²) in [6, 6.07) is 16.7. The number of nitriles is 2. The number of hydrogen-bond donors (Lipinski definition) is 1. The summed E-state index contributed by atoms with van der Waals surface area (Å²) in [6.45, 7) is 0. The number of aromatic nitrogens is 2. The van der Waals surface area contributed by atoms with Crippen LogP contribution in [0, 0.1) is 22.7 Å². The Hall–Kier alpha value is -4.43. The summed E-state index contributed by atoms with van der Waals surface area (Å²) in [7, 11) is 4.52. The molecule has 3 aromatic rings. The first-order valence-corrected chi connectivity index (χ1v) is 8.84. The van der Waals surface area contributed by atoms with E-state index < -0.39 is 0 Å². The molecule has 8 heteroatoms. The predicted molar refractivity (Wildman–Crippen MR) is 112 cm³/mol. The summed E-state index contributed by atoms with van der Waals surface area (Å²) in [5.41, 5.74) is 7.92. The molecule has 0 aliphatic rings. The average Bonchev–Trinajstić information content (AvgIpc) is 3.13. The number of benzene rings is 2. The number of para-hydroxylation sites is 1. The Kier molecular flexibility index (Phi) is 5.90. The summed E-state index contributed by atoms with van der Waals surface area (Å²) in [6.07, 6.45) is 1.59. The van der Waals surface area contributed by atoms with E-state index in [0.29, 0.717) is 28.5 Å². The summed E-state index contributed by atoms with van der Waals surface area (Å²) in [5.74, 6) is 1.47. The quantitative estimate of drug-likeness (QED) is 0.629. The molecule has 2 aromatic carbocycles.